The topological polar surface area (TPSA) is 62.6 Å². The van der Waals surface area contributed by atoms with Gasteiger partial charge in [-0.3, -0.25) is 9.59 Å². The van der Waals surface area contributed by atoms with Crippen LogP contribution in [0.25, 0.3) is 6.08 Å². The van der Waals surface area contributed by atoms with Gasteiger partial charge in [-0.1, -0.05) is 35.9 Å². The van der Waals surface area contributed by atoms with Crippen molar-refractivity contribution in [1.82, 2.24) is 4.90 Å². The van der Waals surface area contributed by atoms with Crippen LogP contribution in [0.2, 0.25) is 5.02 Å². The van der Waals surface area contributed by atoms with Crippen molar-refractivity contribution >= 4 is 35.2 Å². The molecule has 2 amide bonds. The Bertz CT molecular complexity index is 1070. The van der Waals surface area contributed by atoms with E-state index in [-0.39, 0.29) is 11.8 Å². The molecule has 0 saturated carbocycles. The summed E-state index contributed by atoms with van der Waals surface area (Å²) in [5, 5.41) is 3.45. The van der Waals surface area contributed by atoms with Crippen molar-refractivity contribution in [2.45, 2.75) is 13.0 Å². The lowest BCUT2D eigenvalue weighted by molar-refractivity contribution is -0.111. The number of hydrogen-bond donors (Lipinski definition) is 1. The van der Waals surface area contributed by atoms with Gasteiger partial charge in [-0.25, -0.2) is 0 Å². The van der Waals surface area contributed by atoms with Crippen molar-refractivity contribution in [2.24, 2.45) is 0 Å². The number of fused-ring (bicyclic) bond motifs is 1. The summed E-state index contributed by atoms with van der Waals surface area (Å²) < 4.78 is 5.22. The molecule has 3 aromatic rings. The highest BCUT2D eigenvalue weighted by Gasteiger charge is 2.23. The Hall–Kier alpha value is -3.31. The zero-order chi connectivity index (χ0) is 20.2. The van der Waals surface area contributed by atoms with Crippen LogP contribution in [0.3, 0.4) is 0 Å². The monoisotopic (exact) mass is 406 g/mol. The Balaban J connectivity index is 1.44. The first-order chi connectivity index (χ1) is 14.1. The molecule has 1 aliphatic rings. The van der Waals surface area contributed by atoms with Gasteiger partial charge in [0.05, 0.1) is 6.26 Å². The molecule has 1 aliphatic heterocycles. The standard InChI is InChI=1S/C23H19ClN2O3/c24-20-5-2-1-4-17(20)8-10-22(27)25-19-9-7-16-11-12-26(15-18(16)14-19)23(28)21-6-3-13-29-21/h1-10,13-14H,11-12,15H2,(H,25,27). The van der Waals surface area contributed by atoms with E-state index in [2.05, 4.69) is 5.32 Å². The molecule has 2 heterocycles. The minimum atomic E-state index is -0.246. The van der Waals surface area contributed by atoms with Crippen molar-refractivity contribution in [3.05, 3.63) is 94.4 Å². The van der Waals surface area contributed by atoms with E-state index in [0.717, 1.165) is 17.5 Å². The Morgan fingerprint density at radius 3 is 2.72 bits per heavy atom. The quantitative estimate of drug-likeness (QED) is 0.634. The van der Waals surface area contributed by atoms with E-state index in [0.29, 0.717) is 29.6 Å². The Labute approximate surface area is 173 Å². The van der Waals surface area contributed by atoms with E-state index < -0.39 is 0 Å². The Morgan fingerprint density at radius 2 is 1.93 bits per heavy atom. The first-order valence-electron chi connectivity index (χ1n) is 9.28. The van der Waals surface area contributed by atoms with E-state index >= 15 is 0 Å². The van der Waals surface area contributed by atoms with E-state index in [1.807, 2.05) is 36.4 Å². The minimum Gasteiger partial charge on any atom is -0.459 e. The van der Waals surface area contributed by atoms with E-state index in [9.17, 15) is 9.59 Å². The number of nitrogens with zero attached hydrogens (tertiary/aromatic N) is 1. The number of furan rings is 1. The highest BCUT2D eigenvalue weighted by molar-refractivity contribution is 6.32. The summed E-state index contributed by atoms with van der Waals surface area (Å²) in [6.07, 6.45) is 5.39. The van der Waals surface area contributed by atoms with Crippen molar-refractivity contribution in [1.29, 1.82) is 0 Å². The highest BCUT2D eigenvalue weighted by Crippen LogP contribution is 2.24. The predicted molar refractivity (Wildman–Crippen MR) is 113 cm³/mol. The molecular formula is C23H19ClN2O3. The molecule has 5 nitrogen and oxygen atoms in total. The molecule has 146 valence electrons. The highest BCUT2D eigenvalue weighted by atomic mass is 35.5. The number of carbonyl (C=O) groups excluding carboxylic acids is 2. The average molecular weight is 407 g/mol. The van der Waals surface area contributed by atoms with Crippen LogP contribution in [0, 0.1) is 0 Å². The molecule has 2 aromatic carbocycles. The summed E-state index contributed by atoms with van der Waals surface area (Å²) in [6, 6.07) is 16.5. The van der Waals surface area contributed by atoms with Gasteiger partial charge in [0.25, 0.3) is 5.91 Å². The summed E-state index contributed by atoms with van der Waals surface area (Å²) in [6.45, 7) is 1.12. The molecule has 1 aromatic heterocycles. The van der Waals surface area contributed by atoms with Gasteiger partial charge in [0.2, 0.25) is 5.91 Å². The fraction of sp³-hybridized carbons (Fsp3) is 0.130. The average Bonchev–Trinajstić information content (AvgIpc) is 3.27. The summed E-state index contributed by atoms with van der Waals surface area (Å²) >= 11 is 6.10. The largest absolute Gasteiger partial charge is 0.459 e. The van der Waals surface area contributed by atoms with Gasteiger partial charge < -0.3 is 14.6 Å². The number of rotatable bonds is 4. The number of benzene rings is 2. The molecule has 0 fully saturated rings. The molecule has 29 heavy (non-hydrogen) atoms. The third kappa shape index (κ3) is 4.41. The minimum absolute atomic E-state index is 0.127. The number of hydrogen-bond acceptors (Lipinski definition) is 3. The van der Waals surface area contributed by atoms with Crippen molar-refractivity contribution < 1.29 is 14.0 Å². The second kappa shape index (κ2) is 8.37. The van der Waals surface area contributed by atoms with Gasteiger partial charge in [0.1, 0.15) is 0 Å². The smallest absolute Gasteiger partial charge is 0.289 e. The Kier molecular flexibility index (Phi) is 5.49. The number of anilines is 1. The third-order valence-electron chi connectivity index (χ3n) is 4.82. The molecule has 4 rings (SSSR count). The van der Waals surface area contributed by atoms with Crippen LogP contribution in [0.5, 0.6) is 0 Å². The maximum atomic E-state index is 12.5. The molecule has 0 unspecified atom stereocenters. The fourth-order valence-corrected chi connectivity index (χ4v) is 3.52. The Morgan fingerprint density at radius 1 is 1.07 bits per heavy atom. The van der Waals surface area contributed by atoms with Crippen molar-refractivity contribution in [3.63, 3.8) is 0 Å². The number of nitrogens with one attached hydrogen (secondary N) is 1. The van der Waals surface area contributed by atoms with Crippen LogP contribution in [-0.4, -0.2) is 23.3 Å². The maximum absolute atomic E-state index is 12.5. The van der Waals surface area contributed by atoms with E-state index in [4.69, 9.17) is 16.0 Å². The molecule has 0 radical (unpaired) electrons. The van der Waals surface area contributed by atoms with E-state index in [1.54, 1.807) is 29.2 Å². The predicted octanol–water partition coefficient (Wildman–Crippen LogP) is 4.78. The van der Waals surface area contributed by atoms with Crippen LogP contribution in [0.1, 0.15) is 27.2 Å². The summed E-state index contributed by atoms with van der Waals surface area (Å²) in [7, 11) is 0. The normalized spacial score (nSPS) is 13.3. The molecule has 0 aliphatic carbocycles. The molecule has 1 N–H and O–H groups in total. The molecule has 0 atom stereocenters. The van der Waals surface area contributed by atoms with Gasteiger partial charge >= 0.3 is 0 Å². The van der Waals surface area contributed by atoms with Crippen LogP contribution in [-0.2, 0) is 17.8 Å². The van der Waals surface area contributed by atoms with Crippen molar-refractivity contribution in [3.8, 4) is 0 Å². The molecule has 6 heteroatoms. The number of carbonyl (C=O) groups is 2. The SMILES string of the molecule is O=C(C=Cc1ccccc1Cl)Nc1ccc2c(c1)CN(C(=O)c1ccco1)CC2. The van der Waals surface area contributed by atoms with E-state index in [1.165, 1.54) is 17.9 Å². The molecule has 0 spiro atoms. The fourth-order valence-electron chi connectivity index (χ4n) is 3.32. The first-order valence-corrected chi connectivity index (χ1v) is 9.66. The molecular weight excluding hydrogens is 388 g/mol. The van der Waals surface area contributed by atoms with Crippen LogP contribution in [0.15, 0.2) is 71.4 Å². The van der Waals surface area contributed by atoms with Crippen LogP contribution < -0.4 is 5.32 Å². The summed E-state index contributed by atoms with van der Waals surface area (Å²) in [4.78, 5) is 26.6. The van der Waals surface area contributed by atoms with Gasteiger partial charge in [-0.05, 0) is 59.5 Å². The zero-order valence-corrected chi connectivity index (χ0v) is 16.4. The second-order valence-corrected chi connectivity index (χ2v) is 7.19. The first kappa shape index (κ1) is 19.0. The zero-order valence-electron chi connectivity index (χ0n) is 15.6. The third-order valence-corrected chi connectivity index (χ3v) is 5.17. The van der Waals surface area contributed by atoms with Gasteiger partial charge in [-0.2, -0.15) is 0 Å². The number of halogens is 1. The van der Waals surface area contributed by atoms with Gasteiger partial charge in [-0.15, -0.1) is 0 Å². The lowest BCUT2D eigenvalue weighted by atomic mass is 9.99. The number of amides is 2. The van der Waals surface area contributed by atoms with Crippen molar-refractivity contribution in [2.75, 3.05) is 11.9 Å². The van der Waals surface area contributed by atoms with Gasteiger partial charge in [0, 0.05) is 29.9 Å². The van der Waals surface area contributed by atoms with Crippen LogP contribution in [0.4, 0.5) is 5.69 Å². The van der Waals surface area contributed by atoms with Gasteiger partial charge in [0.15, 0.2) is 5.76 Å². The summed E-state index contributed by atoms with van der Waals surface area (Å²) in [5.41, 5.74) is 3.66. The molecule has 0 bridgehead atoms. The second-order valence-electron chi connectivity index (χ2n) is 6.78. The van der Waals surface area contributed by atoms with Crippen LogP contribution >= 0.6 is 11.6 Å². The lowest BCUT2D eigenvalue weighted by Gasteiger charge is -2.28. The maximum Gasteiger partial charge on any atom is 0.289 e. The molecule has 0 saturated heterocycles. The lowest BCUT2D eigenvalue weighted by Crippen LogP contribution is -2.35. The summed E-state index contributed by atoms with van der Waals surface area (Å²) in [5.74, 6) is -0.0374.